The maximum atomic E-state index is 13.3. The van der Waals surface area contributed by atoms with Crippen LogP contribution in [0.4, 0.5) is 14.9 Å². The minimum Gasteiger partial charge on any atom is -0.338 e. The summed E-state index contributed by atoms with van der Waals surface area (Å²) in [7, 11) is 0. The van der Waals surface area contributed by atoms with E-state index in [4.69, 9.17) is 0 Å². The second-order valence-electron chi connectivity index (χ2n) is 5.01. The minimum absolute atomic E-state index is 0.283. The highest BCUT2D eigenvalue weighted by molar-refractivity contribution is 5.89. The number of rotatable bonds is 3. The van der Waals surface area contributed by atoms with E-state index in [-0.39, 0.29) is 11.8 Å². The summed E-state index contributed by atoms with van der Waals surface area (Å²) in [6, 6.07) is 4.39. The topological polar surface area (TPSA) is 53.2 Å². The van der Waals surface area contributed by atoms with Gasteiger partial charge in [-0.25, -0.2) is 9.18 Å². The van der Waals surface area contributed by atoms with Gasteiger partial charge in [0, 0.05) is 12.2 Å². The zero-order valence-electron chi connectivity index (χ0n) is 11.1. The van der Waals surface area contributed by atoms with Crippen molar-refractivity contribution in [3.8, 4) is 0 Å². The number of aryl methyl sites for hydroxylation is 1. The van der Waals surface area contributed by atoms with Gasteiger partial charge in [-0.2, -0.15) is 0 Å². The first kappa shape index (κ1) is 13.8. The fourth-order valence-electron chi connectivity index (χ4n) is 2.18. The van der Waals surface area contributed by atoms with Crippen molar-refractivity contribution in [2.24, 2.45) is 5.92 Å². The Morgan fingerprint density at radius 2 is 2.37 bits per heavy atom. The highest BCUT2D eigenvalue weighted by Gasteiger charge is 2.13. The van der Waals surface area contributed by atoms with Gasteiger partial charge < -0.3 is 16.0 Å². The quantitative estimate of drug-likeness (QED) is 0.785. The maximum absolute atomic E-state index is 13.3. The molecule has 3 N–H and O–H groups in total. The molecule has 0 unspecified atom stereocenters. The number of carbonyl (C=O) groups is 1. The minimum atomic E-state index is -0.311. The summed E-state index contributed by atoms with van der Waals surface area (Å²) in [6.07, 6.45) is 2.28. The van der Waals surface area contributed by atoms with Crippen LogP contribution in [0, 0.1) is 18.7 Å². The number of benzene rings is 1. The van der Waals surface area contributed by atoms with E-state index in [1.54, 1.807) is 19.1 Å². The number of urea groups is 1. The van der Waals surface area contributed by atoms with Crippen LogP contribution in [0.25, 0.3) is 0 Å². The van der Waals surface area contributed by atoms with E-state index in [1.165, 1.54) is 6.07 Å². The standard InChI is InChI=1S/C14H20FN3O/c1-10-4-5-12(7-13(10)15)18-14(19)17-9-11-3-2-6-16-8-11/h4-5,7,11,16H,2-3,6,8-9H2,1H3,(H2,17,18,19)/t11-/m1/s1. The molecule has 0 spiro atoms. The van der Waals surface area contributed by atoms with Crippen LogP contribution < -0.4 is 16.0 Å². The first-order valence-corrected chi connectivity index (χ1v) is 6.67. The predicted molar refractivity (Wildman–Crippen MR) is 73.8 cm³/mol. The summed E-state index contributed by atoms with van der Waals surface area (Å²) in [5.41, 5.74) is 1.04. The zero-order chi connectivity index (χ0) is 13.7. The van der Waals surface area contributed by atoms with Crippen LogP contribution in [0.1, 0.15) is 18.4 Å². The lowest BCUT2D eigenvalue weighted by Crippen LogP contribution is -2.39. The molecule has 1 aliphatic heterocycles. The van der Waals surface area contributed by atoms with Crippen LogP contribution in [0.3, 0.4) is 0 Å². The van der Waals surface area contributed by atoms with Crippen molar-refractivity contribution in [2.45, 2.75) is 19.8 Å². The van der Waals surface area contributed by atoms with E-state index in [2.05, 4.69) is 16.0 Å². The fraction of sp³-hybridized carbons (Fsp3) is 0.500. The third-order valence-electron chi connectivity index (χ3n) is 3.38. The van der Waals surface area contributed by atoms with Crippen LogP contribution in [-0.4, -0.2) is 25.7 Å². The van der Waals surface area contributed by atoms with Crippen LogP contribution >= 0.6 is 0 Å². The molecule has 1 aromatic carbocycles. The van der Waals surface area contributed by atoms with Gasteiger partial charge in [0.1, 0.15) is 5.82 Å². The molecule has 4 nitrogen and oxygen atoms in total. The molecule has 2 amide bonds. The summed E-state index contributed by atoms with van der Waals surface area (Å²) >= 11 is 0. The Bertz CT molecular complexity index is 444. The molecular formula is C14H20FN3O. The number of nitrogens with one attached hydrogen (secondary N) is 3. The average molecular weight is 265 g/mol. The Labute approximate surface area is 112 Å². The van der Waals surface area contributed by atoms with Gasteiger partial charge in [0.25, 0.3) is 0 Å². The monoisotopic (exact) mass is 265 g/mol. The van der Waals surface area contributed by atoms with Crippen molar-refractivity contribution in [2.75, 3.05) is 25.0 Å². The average Bonchev–Trinajstić information content (AvgIpc) is 2.42. The van der Waals surface area contributed by atoms with E-state index in [0.717, 1.165) is 25.9 Å². The molecule has 1 aliphatic rings. The molecule has 0 saturated carbocycles. The molecule has 0 radical (unpaired) electrons. The van der Waals surface area contributed by atoms with Crippen molar-refractivity contribution >= 4 is 11.7 Å². The second-order valence-corrected chi connectivity index (χ2v) is 5.01. The molecule has 5 heteroatoms. The van der Waals surface area contributed by atoms with Crippen molar-refractivity contribution < 1.29 is 9.18 Å². The van der Waals surface area contributed by atoms with Crippen LogP contribution in [0.15, 0.2) is 18.2 Å². The SMILES string of the molecule is Cc1ccc(NC(=O)NC[C@@H]2CCCNC2)cc1F. The van der Waals surface area contributed by atoms with Gasteiger partial charge in [0.2, 0.25) is 0 Å². The molecular weight excluding hydrogens is 245 g/mol. The number of anilines is 1. The summed E-state index contributed by atoms with van der Waals surface area (Å²) < 4.78 is 13.3. The largest absolute Gasteiger partial charge is 0.338 e. The normalized spacial score (nSPS) is 18.9. The first-order valence-electron chi connectivity index (χ1n) is 6.67. The smallest absolute Gasteiger partial charge is 0.319 e. The summed E-state index contributed by atoms with van der Waals surface area (Å²) in [6.45, 7) is 4.34. The van der Waals surface area contributed by atoms with Crippen molar-refractivity contribution in [3.63, 3.8) is 0 Å². The molecule has 1 aromatic rings. The van der Waals surface area contributed by atoms with E-state index in [9.17, 15) is 9.18 Å². The van der Waals surface area contributed by atoms with Gasteiger partial charge in [-0.3, -0.25) is 0 Å². The number of hydrogen-bond acceptors (Lipinski definition) is 2. The van der Waals surface area contributed by atoms with E-state index in [0.29, 0.717) is 23.7 Å². The van der Waals surface area contributed by atoms with Gasteiger partial charge >= 0.3 is 6.03 Å². The Morgan fingerprint density at radius 3 is 3.05 bits per heavy atom. The number of amides is 2. The lowest BCUT2D eigenvalue weighted by molar-refractivity contribution is 0.248. The second kappa shape index (κ2) is 6.52. The van der Waals surface area contributed by atoms with Crippen LogP contribution in [0.5, 0.6) is 0 Å². The van der Waals surface area contributed by atoms with Gasteiger partial charge in [0.15, 0.2) is 0 Å². The number of halogens is 1. The molecule has 2 rings (SSSR count). The highest BCUT2D eigenvalue weighted by Crippen LogP contribution is 2.13. The number of piperidine rings is 1. The lowest BCUT2D eigenvalue weighted by atomic mass is 10.00. The lowest BCUT2D eigenvalue weighted by Gasteiger charge is -2.22. The van der Waals surface area contributed by atoms with Crippen molar-refractivity contribution in [1.29, 1.82) is 0 Å². The third-order valence-corrected chi connectivity index (χ3v) is 3.38. The van der Waals surface area contributed by atoms with Gasteiger partial charge in [0.05, 0.1) is 0 Å². The Morgan fingerprint density at radius 1 is 1.53 bits per heavy atom. The molecule has 1 atom stereocenters. The molecule has 1 heterocycles. The van der Waals surface area contributed by atoms with Crippen molar-refractivity contribution in [1.82, 2.24) is 10.6 Å². The third kappa shape index (κ3) is 4.21. The fourth-order valence-corrected chi connectivity index (χ4v) is 2.18. The summed E-state index contributed by atoms with van der Waals surface area (Å²) in [4.78, 5) is 11.7. The Hall–Kier alpha value is -1.62. The molecule has 1 saturated heterocycles. The van der Waals surface area contributed by atoms with E-state index >= 15 is 0 Å². The van der Waals surface area contributed by atoms with Gasteiger partial charge in [-0.15, -0.1) is 0 Å². The van der Waals surface area contributed by atoms with Gasteiger partial charge in [-0.1, -0.05) is 6.07 Å². The summed E-state index contributed by atoms with van der Waals surface area (Å²) in [5, 5.41) is 8.76. The molecule has 1 fully saturated rings. The van der Waals surface area contributed by atoms with E-state index in [1.807, 2.05) is 0 Å². The van der Waals surface area contributed by atoms with Crippen LogP contribution in [-0.2, 0) is 0 Å². The van der Waals surface area contributed by atoms with Crippen molar-refractivity contribution in [3.05, 3.63) is 29.6 Å². The summed E-state index contributed by atoms with van der Waals surface area (Å²) in [5.74, 6) is 0.170. The predicted octanol–water partition coefficient (Wildman–Crippen LogP) is 2.26. The molecule has 19 heavy (non-hydrogen) atoms. The maximum Gasteiger partial charge on any atom is 0.319 e. The van der Waals surface area contributed by atoms with E-state index < -0.39 is 0 Å². The van der Waals surface area contributed by atoms with Gasteiger partial charge in [-0.05, 0) is 56.5 Å². The molecule has 0 aliphatic carbocycles. The molecule has 104 valence electrons. The molecule has 0 aromatic heterocycles. The van der Waals surface area contributed by atoms with Crippen LogP contribution in [0.2, 0.25) is 0 Å². The Kier molecular flexibility index (Phi) is 4.74. The number of carbonyl (C=O) groups excluding carboxylic acids is 1. The Balaban J connectivity index is 1.78. The highest BCUT2D eigenvalue weighted by atomic mass is 19.1. The first-order chi connectivity index (χ1) is 9.15. The zero-order valence-corrected chi connectivity index (χ0v) is 11.1. The molecule has 0 bridgehead atoms. The number of hydrogen-bond donors (Lipinski definition) is 3.